The summed E-state index contributed by atoms with van der Waals surface area (Å²) in [6, 6.07) is 3.16. The number of aromatic nitrogens is 2. The van der Waals surface area contributed by atoms with Crippen LogP contribution in [0.1, 0.15) is 20.9 Å². The average Bonchev–Trinajstić information content (AvgIpc) is 2.95. The van der Waals surface area contributed by atoms with Gasteiger partial charge in [-0.25, -0.2) is 8.42 Å². The van der Waals surface area contributed by atoms with Gasteiger partial charge in [0, 0.05) is 35.3 Å². The first-order valence-corrected chi connectivity index (χ1v) is 9.22. The van der Waals surface area contributed by atoms with Gasteiger partial charge >= 0.3 is 0 Å². The van der Waals surface area contributed by atoms with Crippen molar-refractivity contribution in [2.24, 2.45) is 7.05 Å². The summed E-state index contributed by atoms with van der Waals surface area (Å²) >= 11 is 1.11. The van der Waals surface area contributed by atoms with Crippen LogP contribution in [0.25, 0.3) is 0 Å². The van der Waals surface area contributed by atoms with Gasteiger partial charge < -0.3 is 5.32 Å². The van der Waals surface area contributed by atoms with E-state index < -0.39 is 9.05 Å². The van der Waals surface area contributed by atoms with Crippen LogP contribution in [0.2, 0.25) is 0 Å². The number of halogens is 1. The second kappa shape index (κ2) is 6.17. The molecule has 9 heteroatoms. The molecule has 6 nitrogen and oxygen atoms in total. The molecule has 2 rings (SSSR count). The predicted molar refractivity (Wildman–Crippen MR) is 81.3 cm³/mol. The molecule has 0 aliphatic rings. The van der Waals surface area contributed by atoms with E-state index in [1.54, 1.807) is 30.9 Å². The third-order valence-electron chi connectivity index (χ3n) is 2.79. The lowest BCUT2D eigenvalue weighted by Crippen LogP contribution is -2.25. The van der Waals surface area contributed by atoms with Crippen molar-refractivity contribution >= 4 is 37.0 Å². The molecule has 0 aromatic carbocycles. The van der Waals surface area contributed by atoms with Gasteiger partial charge in [-0.15, -0.1) is 11.3 Å². The van der Waals surface area contributed by atoms with E-state index in [2.05, 4.69) is 10.4 Å². The number of carbonyl (C=O) groups is 1. The van der Waals surface area contributed by atoms with Crippen molar-refractivity contribution in [3.63, 3.8) is 0 Å². The summed E-state index contributed by atoms with van der Waals surface area (Å²) in [4.78, 5) is 12.8. The van der Waals surface area contributed by atoms with Crippen LogP contribution < -0.4 is 5.32 Å². The highest BCUT2D eigenvalue weighted by molar-refractivity contribution is 8.15. The van der Waals surface area contributed by atoms with Crippen LogP contribution in [0.3, 0.4) is 0 Å². The van der Waals surface area contributed by atoms with Gasteiger partial charge in [-0.05, 0) is 25.5 Å². The van der Waals surface area contributed by atoms with Crippen molar-refractivity contribution in [1.82, 2.24) is 15.1 Å². The van der Waals surface area contributed by atoms with E-state index >= 15 is 0 Å². The fraction of sp³-hybridized carbons (Fsp3) is 0.333. The zero-order valence-electron chi connectivity index (χ0n) is 11.5. The topological polar surface area (TPSA) is 81.1 Å². The molecule has 114 valence electrons. The first-order valence-electron chi connectivity index (χ1n) is 6.09. The van der Waals surface area contributed by atoms with Gasteiger partial charge in [0.2, 0.25) is 0 Å². The first-order chi connectivity index (χ1) is 9.77. The fourth-order valence-corrected chi connectivity index (χ4v) is 3.96. The summed E-state index contributed by atoms with van der Waals surface area (Å²) in [7, 11) is 3.34. The van der Waals surface area contributed by atoms with Crippen molar-refractivity contribution < 1.29 is 13.2 Å². The Bertz CT molecular complexity index is 765. The SMILES string of the molecule is Cc1nn(C)cc1C(=O)NCCc1ccc(S(=O)(=O)Cl)s1. The monoisotopic (exact) mass is 347 g/mol. The van der Waals surface area contributed by atoms with Gasteiger partial charge in [0.25, 0.3) is 15.0 Å². The van der Waals surface area contributed by atoms with E-state index in [1.165, 1.54) is 6.07 Å². The van der Waals surface area contributed by atoms with Gasteiger partial charge in [-0.2, -0.15) is 5.10 Å². The Hall–Kier alpha value is -1.38. The van der Waals surface area contributed by atoms with Crippen molar-refractivity contribution in [3.8, 4) is 0 Å². The van der Waals surface area contributed by atoms with Crippen LogP contribution in [-0.2, 0) is 22.5 Å². The third kappa shape index (κ3) is 4.05. The lowest BCUT2D eigenvalue weighted by molar-refractivity contribution is 0.0953. The first kappa shape index (κ1) is 16.0. The molecule has 2 aromatic rings. The zero-order chi connectivity index (χ0) is 15.6. The molecule has 1 N–H and O–H groups in total. The normalized spacial score (nSPS) is 11.6. The quantitative estimate of drug-likeness (QED) is 0.834. The molecule has 2 heterocycles. The van der Waals surface area contributed by atoms with Crippen molar-refractivity contribution in [2.75, 3.05) is 6.54 Å². The number of nitrogens with zero attached hydrogens (tertiary/aromatic N) is 2. The number of nitrogens with one attached hydrogen (secondary N) is 1. The van der Waals surface area contributed by atoms with Crippen molar-refractivity contribution in [2.45, 2.75) is 17.6 Å². The van der Waals surface area contributed by atoms with Crippen LogP contribution in [0.15, 0.2) is 22.5 Å². The molecule has 0 spiro atoms. The molecule has 21 heavy (non-hydrogen) atoms. The largest absolute Gasteiger partial charge is 0.352 e. The van der Waals surface area contributed by atoms with Crippen LogP contribution in [-0.4, -0.2) is 30.7 Å². The number of carbonyl (C=O) groups excluding carboxylic acids is 1. The Morgan fingerprint density at radius 1 is 1.48 bits per heavy atom. The van der Waals surface area contributed by atoms with Crippen molar-refractivity contribution in [1.29, 1.82) is 0 Å². The molecule has 0 aliphatic heterocycles. The summed E-state index contributed by atoms with van der Waals surface area (Å²) < 4.78 is 24.0. The van der Waals surface area contributed by atoms with E-state index in [4.69, 9.17) is 10.7 Å². The lowest BCUT2D eigenvalue weighted by Gasteiger charge is -2.02. The standard InChI is InChI=1S/C12H14ClN3O3S2/c1-8-10(7-16(2)15-8)12(17)14-6-5-9-3-4-11(20-9)21(13,18)19/h3-4,7H,5-6H2,1-2H3,(H,14,17). The molecule has 2 aromatic heterocycles. The lowest BCUT2D eigenvalue weighted by atomic mass is 10.2. The molecule has 0 bridgehead atoms. The van der Waals surface area contributed by atoms with E-state index in [1.807, 2.05) is 0 Å². The van der Waals surface area contributed by atoms with Crippen LogP contribution >= 0.6 is 22.0 Å². The molecule has 1 amide bonds. The van der Waals surface area contributed by atoms with Gasteiger partial charge in [0.05, 0.1) is 11.3 Å². The number of hydrogen-bond acceptors (Lipinski definition) is 5. The summed E-state index contributed by atoms with van der Waals surface area (Å²) in [5.41, 5.74) is 1.20. The third-order valence-corrected chi connectivity index (χ3v) is 6.03. The highest BCUT2D eigenvalue weighted by Crippen LogP contribution is 2.24. The fourth-order valence-electron chi connectivity index (χ4n) is 1.84. The number of rotatable bonds is 5. The Morgan fingerprint density at radius 3 is 2.71 bits per heavy atom. The predicted octanol–water partition coefficient (Wildman–Crippen LogP) is 1.69. The van der Waals surface area contributed by atoms with Gasteiger partial charge in [0.15, 0.2) is 0 Å². The molecule has 0 atom stereocenters. The van der Waals surface area contributed by atoms with Crippen molar-refractivity contribution in [3.05, 3.63) is 34.5 Å². The maximum atomic E-state index is 12.0. The highest BCUT2D eigenvalue weighted by atomic mass is 35.7. The smallest absolute Gasteiger partial charge is 0.270 e. The van der Waals surface area contributed by atoms with E-state index in [-0.39, 0.29) is 10.1 Å². The van der Waals surface area contributed by atoms with E-state index in [0.717, 1.165) is 16.2 Å². The van der Waals surface area contributed by atoms with E-state index in [9.17, 15) is 13.2 Å². The number of thiophene rings is 1. The average molecular weight is 348 g/mol. The zero-order valence-corrected chi connectivity index (χ0v) is 13.8. The number of hydrogen-bond donors (Lipinski definition) is 1. The van der Waals surface area contributed by atoms with Gasteiger partial charge in [0.1, 0.15) is 4.21 Å². The maximum Gasteiger partial charge on any atom is 0.270 e. The minimum atomic E-state index is -3.68. The number of aryl methyl sites for hydroxylation is 2. The summed E-state index contributed by atoms with van der Waals surface area (Å²) in [6.07, 6.45) is 2.20. The minimum Gasteiger partial charge on any atom is -0.352 e. The Labute approximate surface area is 131 Å². The van der Waals surface area contributed by atoms with Crippen LogP contribution in [0.5, 0.6) is 0 Å². The van der Waals surface area contributed by atoms with Gasteiger partial charge in [-0.1, -0.05) is 0 Å². The van der Waals surface area contributed by atoms with Crippen LogP contribution in [0, 0.1) is 6.92 Å². The molecular weight excluding hydrogens is 334 g/mol. The molecule has 0 unspecified atom stereocenters. The molecular formula is C12H14ClN3O3S2. The molecule has 0 fully saturated rings. The maximum absolute atomic E-state index is 12.0. The molecule has 0 saturated carbocycles. The molecule has 0 saturated heterocycles. The Kier molecular flexibility index (Phi) is 4.70. The second-order valence-electron chi connectivity index (χ2n) is 4.47. The Balaban J connectivity index is 1.91. The summed E-state index contributed by atoms with van der Waals surface area (Å²) in [6.45, 7) is 2.18. The summed E-state index contributed by atoms with van der Waals surface area (Å²) in [5.74, 6) is -0.192. The summed E-state index contributed by atoms with van der Waals surface area (Å²) in [5, 5.41) is 6.89. The van der Waals surface area contributed by atoms with E-state index in [0.29, 0.717) is 24.2 Å². The Morgan fingerprint density at radius 2 is 2.19 bits per heavy atom. The minimum absolute atomic E-state index is 0.119. The molecule has 0 radical (unpaired) electrons. The molecule has 0 aliphatic carbocycles. The second-order valence-corrected chi connectivity index (χ2v) is 8.43. The highest BCUT2D eigenvalue weighted by Gasteiger charge is 2.14. The number of amides is 1. The van der Waals surface area contributed by atoms with Crippen LogP contribution in [0.4, 0.5) is 0 Å². The van der Waals surface area contributed by atoms with Gasteiger partial charge in [-0.3, -0.25) is 9.48 Å².